The average molecular weight is 230 g/mol. The molecule has 0 fully saturated rings. The number of nitrogens with zero attached hydrogens (tertiary/aromatic N) is 2. The zero-order valence-electron chi connectivity index (χ0n) is 5.41. The first-order valence-corrected chi connectivity index (χ1v) is 4.55. The zero-order chi connectivity index (χ0) is 7.84. The summed E-state index contributed by atoms with van der Waals surface area (Å²) in [5, 5.41) is 0.561. The minimum absolute atomic E-state index is 0.561. The molecule has 0 aliphatic carbocycles. The molecule has 3 nitrogen and oxygen atoms in total. The number of pyridine rings is 1. The summed E-state index contributed by atoms with van der Waals surface area (Å²) >= 11 is 4.70. The van der Waals surface area contributed by atoms with Gasteiger partial charge >= 0.3 is 0 Å². The number of anilines is 1. The SMILES string of the molecule is Nc1nc2nc(Br)ccc2s1. The Balaban J connectivity index is 2.82. The van der Waals surface area contributed by atoms with Gasteiger partial charge in [0.25, 0.3) is 0 Å². The van der Waals surface area contributed by atoms with Crippen molar-refractivity contribution in [2.24, 2.45) is 0 Å². The van der Waals surface area contributed by atoms with Gasteiger partial charge < -0.3 is 5.73 Å². The maximum absolute atomic E-state index is 5.49. The number of aromatic nitrogens is 2. The third kappa shape index (κ3) is 1.21. The van der Waals surface area contributed by atoms with Crippen LogP contribution in [0.4, 0.5) is 5.13 Å². The van der Waals surface area contributed by atoms with Crippen LogP contribution in [0.1, 0.15) is 0 Å². The van der Waals surface area contributed by atoms with Gasteiger partial charge in [-0.25, -0.2) is 9.97 Å². The fourth-order valence-corrected chi connectivity index (χ4v) is 1.79. The van der Waals surface area contributed by atoms with Gasteiger partial charge in [-0.1, -0.05) is 11.3 Å². The molecule has 0 saturated carbocycles. The first-order chi connectivity index (χ1) is 5.25. The number of hydrogen-bond donors (Lipinski definition) is 1. The molecule has 0 bridgehead atoms. The second-order valence-corrected chi connectivity index (χ2v) is 3.88. The lowest BCUT2D eigenvalue weighted by molar-refractivity contribution is 1.29. The number of nitrogen functional groups attached to an aromatic ring is 1. The quantitative estimate of drug-likeness (QED) is 0.704. The predicted octanol–water partition coefficient (Wildman–Crippen LogP) is 2.04. The van der Waals surface area contributed by atoms with Crippen LogP contribution in [-0.4, -0.2) is 9.97 Å². The molecule has 2 aromatic rings. The van der Waals surface area contributed by atoms with Crippen molar-refractivity contribution < 1.29 is 0 Å². The number of rotatable bonds is 0. The second kappa shape index (κ2) is 2.42. The van der Waals surface area contributed by atoms with E-state index in [0.717, 1.165) is 9.30 Å². The van der Waals surface area contributed by atoms with E-state index >= 15 is 0 Å². The normalized spacial score (nSPS) is 10.6. The molecular weight excluding hydrogens is 226 g/mol. The number of hydrogen-bond acceptors (Lipinski definition) is 4. The zero-order valence-corrected chi connectivity index (χ0v) is 7.82. The van der Waals surface area contributed by atoms with Crippen molar-refractivity contribution in [3.05, 3.63) is 16.7 Å². The average Bonchev–Trinajstić information content (AvgIpc) is 2.27. The topological polar surface area (TPSA) is 51.8 Å². The van der Waals surface area contributed by atoms with Gasteiger partial charge in [0, 0.05) is 0 Å². The second-order valence-electron chi connectivity index (χ2n) is 2.01. The third-order valence-electron chi connectivity index (χ3n) is 1.24. The van der Waals surface area contributed by atoms with E-state index in [1.807, 2.05) is 12.1 Å². The van der Waals surface area contributed by atoms with Crippen molar-refractivity contribution in [2.45, 2.75) is 0 Å². The number of halogens is 1. The molecule has 56 valence electrons. The fraction of sp³-hybridized carbons (Fsp3) is 0. The molecule has 0 aliphatic rings. The first kappa shape index (κ1) is 7.00. The minimum atomic E-state index is 0.561. The Bertz CT molecular complexity index is 398. The van der Waals surface area contributed by atoms with E-state index in [2.05, 4.69) is 25.9 Å². The van der Waals surface area contributed by atoms with Gasteiger partial charge in [0.2, 0.25) is 0 Å². The Kier molecular flexibility index (Phi) is 1.54. The number of fused-ring (bicyclic) bond motifs is 1. The van der Waals surface area contributed by atoms with E-state index in [1.165, 1.54) is 11.3 Å². The summed E-state index contributed by atoms with van der Waals surface area (Å²) < 4.78 is 1.81. The number of nitrogens with two attached hydrogens (primary N) is 1. The van der Waals surface area contributed by atoms with Crippen molar-refractivity contribution in [3.63, 3.8) is 0 Å². The van der Waals surface area contributed by atoms with Gasteiger partial charge in [-0.05, 0) is 28.1 Å². The maximum atomic E-state index is 5.49. The lowest BCUT2D eigenvalue weighted by Gasteiger charge is -1.86. The Morgan fingerprint density at radius 3 is 3.00 bits per heavy atom. The van der Waals surface area contributed by atoms with Gasteiger partial charge in [0.15, 0.2) is 10.8 Å². The summed E-state index contributed by atoms with van der Waals surface area (Å²) in [4.78, 5) is 8.16. The Morgan fingerprint density at radius 2 is 2.18 bits per heavy atom. The van der Waals surface area contributed by atoms with E-state index in [0.29, 0.717) is 10.8 Å². The van der Waals surface area contributed by atoms with Crippen LogP contribution >= 0.6 is 27.3 Å². The minimum Gasteiger partial charge on any atom is -0.375 e. The highest BCUT2D eigenvalue weighted by molar-refractivity contribution is 9.10. The molecule has 0 atom stereocenters. The lowest BCUT2D eigenvalue weighted by Crippen LogP contribution is -1.81. The molecule has 2 rings (SSSR count). The summed E-state index contributed by atoms with van der Waals surface area (Å²) in [6, 6.07) is 3.82. The standard InChI is InChI=1S/C6H4BrN3S/c7-4-2-1-3-5(9-4)10-6(8)11-3/h1-2H,(H2,8,9,10). The fourth-order valence-electron chi connectivity index (χ4n) is 0.812. The summed E-state index contributed by atoms with van der Waals surface area (Å²) in [6.07, 6.45) is 0. The van der Waals surface area contributed by atoms with Crippen molar-refractivity contribution in [2.75, 3.05) is 5.73 Å². The molecule has 0 radical (unpaired) electrons. The highest BCUT2D eigenvalue weighted by atomic mass is 79.9. The molecule has 2 aromatic heterocycles. The Labute approximate surface area is 75.4 Å². The van der Waals surface area contributed by atoms with Crippen molar-refractivity contribution >= 4 is 42.7 Å². The number of thiazole rings is 1. The summed E-state index contributed by atoms with van der Waals surface area (Å²) in [6.45, 7) is 0. The van der Waals surface area contributed by atoms with E-state index in [1.54, 1.807) is 0 Å². The van der Waals surface area contributed by atoms with E-state index in [9.17, 15) is 0 Å². The molecule has 2 heterocycles. The van der Waals surface area contributed by atoms with Crippen LogP contribution in [0.2, 0.25) is 0 Å². The third-order valence-corrected chi connectivity index (χ3v) is 2.52. The lowest BCUT2D eigenvalue weighted by atomic mass is 10.5. The van der Waals surface area contributed by atoms with Crippen molar-refractivity contribution in [1.82, 2.24) is 9.97 Å². The van der Waals surface area contributed by atoms with Crippen LogP contribution in [0, 0.1) is 0 Å². The highest BCUT2D eigenvalue weighted by Crippen LogP contribution is 2.23. The smallest absolute Gasteiger partial charge is 0.182 e. The first-order valence-electron chi connectivity index (χ1n) is 2.94. The van der Waals surface area contributed by atoms with E-state index in [-0.39, 0.29) is 0 Å². The Morgan fingerprint density at radius 1 is 1.36 bits per heavy atom. The van der Waals surface area contributed by atoms with Gasteiger partial charge in [-0.3, -0.25) is 0 Å². The van der Waals surface area contributed by atoms with Gasteiger partial charge in [-0.15, -0.1) is 0 Å². The molecule has 5 heteroatoms. The van der Waals surface area contributed by atoms with E-state index in [4.69, 9.17) is 5.73 Å². The van der Waals surface area contributed by atoms with Gasteiger partial charge in [0.1, 0.15) is 4.60 Å². The molecule has 0 amide bonds. The molecule has 2 N–H and O–H groups in total. The molecule has 11 heavy (non-hydrogen) atoms. The van der Waals surface area contributed by atoms with Crippen molar-refractivity contribution in [1.29, 1.82) is 0 Å². The van der Waals surface area contributed by atoms with Crippen LogP contribution in [-0.2, 0) is 0 Å². The van der Waals surface area contributed by atoms with Crippen LogP contribution in [0.3, 0.4) is 0 Å². The predicted molar refractivity (Wildman–Crippen MR) is 49.5 cm³/mol. The summed E-state index contributed by atoms with van der Waals surface area (Å²) in [5.74, 6) is 0. The van der Waals surface area contributed by atoms with E-state index < -0.39 is 0 Å². The van der Waals surface area contributed by atoms with Crippen LogP contribution < -0.4 is 5.73 Å². The van der Waals surface area contributed by atoms with Crippen LogP contribution in [0.15, 0.2) is 16.7 Å². The van der Waals surface area contributed by atoms with Crippen LogP contribution in [0.5, 0.6) is 0 Å². The van der Waals surface area contributed by atoms with Crippen LogP contribution in [0.25, 0.3) is 10.3 Å². The highest BCUT2D eigenvalue weighted by Gasteiger charge is 2.00. The molecular formula is C6H4BrN3S. The molecule has 0 unspecified atom stereocenters. The largest absolute Gasteiger partial charge is 0.375 e. The summed E-state index contributed by atoms with van der Waals surface area (Å²) in [7, 11) is 0. The molecule has 0 spiro atoms. The maximum Gasteiger partial charge on any atom is 0.182 e. The molecule has 0 aliphatic heterocycles. The summed E-state index contributed by atoms with van der Waals surface area (Å²) in [5.41, 5.74) is 6.20. The van der Waals surface area contributed by atoms with Gasteiger partial charge in [0.05, 0.1) is 4.70 Å². The Hall–Kier alpha value is -0.680. The van der Waals surface area contributed by atoms with Gasteiger partial charge in [-0.2, -0.15) is 0 Å². The van der Waals surface area contributed by atoms with Crippen molar-refractivity contribution in [3.8, 4) is 0 Å². The monoisotopic (exact) mass is 229 g/mol. The molecule has 0 saturated heterocycles. The molecule has 0 aromatic carbocycles.